The zero-order chi connectivity index (χ0) is 16.7. The van der Waals surface area contributed by atoms with Crippen LogP contribution in [0.25, 0.3) is 0 Å². The van der Waals surface area contributed by atoms with E-state index in [4.69, 9.17) is 0 Å². The molecular formula is C18H26ClF3N2. The Kier molecular flexibility index (Phi) is 8.81. The van der Waals surface area contributed by atoms with Crippen molar-refractivity contribution in [3.63, 3.8) is 0 Å². The minimum atomic E-state index is -4.28. The molecule has 0 bridgehead atoms. The van der Waals surface area contributed by atoms with E-state index in [0.717, 1.165) is 63.5 Å². The summed E-state index contributed by atoms with van der Waals surface area (Å²) < 4.78 is 39.0. The molecular weight excluding hydrogens is 337 g/mol. The molecule has 1 aliphatic rings. The predicted molar refractivity (Wildman–Crippen MR) is 94.5 cm³/mol. The number of hydrogen-bond donors (Lipinski definition) is 1. The van der Waals surface area contributed by atoms with Gasteiger partial charge in [-0.05, 0) is 37.0 Å². The van der Waals surface area contributed by atoms with Crippen molar-refractivity contribution in [3.8, 4) is 0 Å². The second kappa shape index (κ2) is 10.1. The summed E-state index contributed by atoms with van der Waals surface area (Å²) in [6.07, 6.45) is 1.48. The Bertz CT molecular complexity index is 499. The van der Waals surface area contributed by atoms with Crippen LogP contribution >= 0.6 is 12.4 Å². The number of nitrogens with one attached hydrogen (secondary N) is 1. The van der Waals surface area contributed by atoms with Gasteiger partial charge in [0.15, 0.2) is 0 Å². The Balaban J connectivity index is 0.00000288. The predicted octanol–water partition coefficient (Wildman–Crippen LogP) is 4.82. The van der Waals surface area contributed by atoms with Gasteiger partial charge in [-0.3, -0.25) is 4.90 Å². The molecule has 1 aromatic carbocycles. The Labute approximate surface area is 148 Å². The van der Waals surface area contributed by atoms with Gasteiger partial charge in [0.05, 0.1) is 5.56 Å². The van der Waals surface area contributed by atoms with Crippen molar-refractivity contribution in [2.24, 2.45) is 0 Å². The summed E-state index contributed by atoms with van der Waals surface area (Å²) in [6.45, 7) is 7.26. The first-order valence-corrected chi connectivity index (χ1v) is 8.25. The van der Waals surface area contributed by atoms with E-state index in [-0.39, 0.29) is 18.4 Å². The van der Waals surface area contributed by atoms with E-state index in [1.807, 2.05) is 12.1 Å². The van der Waals surface area contributed by atoms with Gasteiger partial charge in [0.1, 0.15) is 0 Å². The fraction of sp³-hybridized carbons (Fsp3) is 0.556. The molecule has 2 nitrogen and oxygen atoms in total. The SMILES string of the molecule is C=CCCCC[C@H](c1cccc(C(F)(F)F)c1)N1CCNCC1.Cl. The van der Waals surface area contributed by atoms with Gasteiger partial charge in [0, 0.05) is 32.2 Å². The molecule has 1 aromatic rings. The fourth-order valence-electron chi connectivity index (χ4n) is 3.10. The summed E-state index contributed by atoms with van der Waals surface area (Å²) in [6, 6.07) is 5.88. The molecule has 1 atom stereocenters. The second-order valence-electron chi connectivity index (χ2n) is 6.00. The maximum absolute atomic E-state index is 13.0. The van der Waals surface area contributed by atoms with Gasteiger partial charge in [0.25, 0.3) is 0 Å². The van der Waals surface area contributed by atoms with Crippen molar-refractivity contribution in [1.29, 1.82) is 0 Å². The van der Waals surface area contributed by atoms with E-state index in [1.54, 1.807) is 0 Å². The quantitative estimate of drug-likeness (QED) is 0.552. The van der Waals surface area contributed by atoms with E-state index >= 15 is 0 Å². The highest BCUT2D eigenvalue weighted by molar-refractivity contribution is 5.85. The lowest BCUT2D eigenvalue weighted by Gasteiger charge is -2.35. The third kappa shape index (κ3) is 6.11. The molecule has 1 N–H and O–H groups in total. The monoisotopic (exact) mass is 362 g/mol. The highest BCUT2D eigenvalue weighted by Crippen LogP contribution is 2.33. The number of rotatable bonds is 7. The normalized spacial score (nSPS) is 17.1. The molecule has 0 aromatic heterocycles. The molecule has 0 saturated carbocycles. The van der Waals surface area contributed by atoms with Crippen LogP contribution in [-0.4, -0.2) is 31.1 Å². The summed E-state index contributed by atoms with van der Waals surface area (Å²) in [5, 5.41) is 3.30. The van der Waals surface area contributed by atoms with Crippen LogP contribution in [-0.2, 0) is 6.18 Å². The number of alkyl halides is 3. The maximum atomic E-state index is 13.0. The van der Waals surface area contributed by atoms with E-state index < -0.39 is 11.7 Å². The van der Waals surface area contributed by atoms with Crippen molar-refractivity contribution in [2.75, 3.05) is 26.2 Å². The number of allylic oxidation sites excluding steroid dienone is 1. The summed E-state index contributed by atoms with van der Waals surface area (Å²) >= 11 is 0. The van der Waals surface area contributed by atoms with E-state index in [2.05, 4.69) is 16.8 Å². The topological polar surface area (TPSA) is 15.3 Å². The van der Waals surface area contributed by atoms with Crippen LogP contribution in [0.5, 0.6) is 0 Å². The van der Waals surface area contributed by atoms with E-state index in [0.29, 0.717) is 0 Å². The lowest BCUT2D eigenvalue weighted by molar-refractivity contribution is -0.137. The largest absolute Gasteiger partial charge is 0.416 e. The number of hydrogen-bond acceptors (Lipinski definition) is 2. The summed E-state index contributed by atoms with van der Waals surface area (Å²) in [4.78, 5) is 2.31. The van der Waals surface area contributed by atoms with Crippen molar-refractivity contribution in [3.05, 3.63) is 48.0 Å². The van der Waals surface area contributed by atoms with Crippen LogP contribution in [0.3, 0.4) is 0 Å². The average Bonchev–Trinajstić information content (AvgIpc) is 2.55. The van der Waals surface area contributed by atoms with Crippen LogP contribution in [0.2, 0.25) is 0 Å². The second-order valence-corrected chi connectivity index (χ2v) is 6.00. The van der Waals surface area contributed by atoms with Crippen molar-refractivity contribution < 1.29 is 13.2 Å². The van der Waals surface area contributed by atoms with Gasteiger partial charge >= 0.3 is 6.18 Å². The zero-order valence-electron chi connectivity index (χ0n) is 13.8. The number of benzene rings is 1. The molecule has 0 spiro atoms. The van der Waals surface area contributed by atoms with Gasteiger partial charge in [-0.25, -0.2) is 0 Å². The standard InChI is InChI=1S/C18H25F3N2.ClH/c1-2-3-4-5-9-17(23-12-10-22-11-13-23)15-7-6-8-16(14-15)18(19,20)21;/h2,6-8,14,17,22H,1,3-5,9-13H2;1H/t17-;/m1./s1. The molecule has 6 heteroatoms. The Morgan fingerprint density at radius 1 is 1.21 bits per heavy atom. The summed E-state index contributed by atoms with van der Waals surface area (Å²) in [5.41, 5.74) is 0.224. The zero-order valence-corrected chi connectivity index (χ0v) is 14.6. The highest BCUT2D eigenvalue weighted by atomic mass is 35.5. The molecule has 136 valence electrons. The fourth-order valence-corrected chi connectivity index (χ4v) is 3.10. The smallest absolute Gasteiger partial charge is 0.314 e. The molecule has 1 saturated heterocycles. The average molecular weight is 363 g/mol. The number of nitrogens with zero attached hydrogens (tertiary/aromatic N) is 1. The number of unbranched alkanes of at least 4 members (excludes halogenated alkanes) is 2. The molecule has 1 aliphatic heterocycles. The lowest BCUT2D eigenvalue weighted by Crippen LogP contribution is -2.45. The Morgan fingerprint density at radius 3 is 2.54 bits per heavy atom. The van der Waals surface area contributed by atoms with Crippen LogP contribution < -0.4 is 5.32 Å². The highest BCUT2D eigenvalue weighted by Gasteiger charge is 2.31. The third-order valence-corrected chi connectivity index (χ3v) is 4.33. The Morgan fingerprint density at radius 2 is 1.92 bits per heavy atom. The summed E-state index contributed by atoms with van der Waals surface area (Å²) in [7, 11) is 0. The van der Waals surface area contributed by atoms with Crippen LogP contribution in [0.1, 0.15) is 42.9 Å². The molecule has 2 rings (SSSR count). The molecule has 0 amide bonds. The van der Waals surface area contributed by atoms with E-state index in [1.165, 1.54) is 12.1 Å². The summed E-state index contributed by atoms with van der Waals surface area (Å²) in [5.74, 6) is 0. The Hall–Kier alpha value is -1.04. The molecule has 0 aliphatic carbocycles. The molecule has 24 heavy (non-hydrogen) atoms. The van der Waals surface area contributed by atoms with Gasteiger partial charge in [-0.15, -0.1) is 19.0 Å². The molecule has 0 radical (unpaired) electrons. The number of halogens is 4. The van der Waals surface area contributed by atoms with Gasteiger partial charge in [-0.1, -0.05) is 24.6 Å². The minimum Gasteiger partial charge on any atom is -0.314 e. The third-order valence-electron chi connectivity index (χ3n) is 4.33. The molecule has 1 heterocycles. The minimum absolute atomic E-state index is 0. The first-order chi connectivity index (χ1) is 11.0. The van der Waals surface area contributed by atoms with Crippen LogP contribution in [0.4, 0.5) is 13.2 Å². The van der Waals surface area contributed by atoms with Gasteiger partial charge in [0.2, 0.25) is 0 Å². The van der Waals surface area contributed by atoms with Gasteiger partial charge in [-0.2, -0.15) is 13.2 Å². The van der Waals surface area contributed by atoms with Crippen molar-refractivity contribution in [2.45, 2.75) is 37.9 Å². The number of piperazine rings is 1. The maximum Gasteiger partial charge on any atom is 0.416 e. The van der Waals surface area contributed by atoms with E-state index in [9.17, 15) is 13.2 Å². The van der Waals surface area contributed by atoms with Crippen molar-refractivity contribution >= 4 is 12.4 Å². The van der Waals surface area contributed by atoms with Crippen LogP contribution in [0, 0.1) is 0 Å². The molecule has 1 fully saturated rings. The van der Waals surface area contributed by atoms with Crippen molar-refractivity contribution in [1.82, 2.24) is 10.2 Å². The first-order valence-electron chi connectivity index (χ1n) is 8.25. The van der Waals surface area contributed by atoms with Gasteiger partial charge < -0.3 is 5.32 Å². The lowest BCUT2D eigenvalue weighted by atomic mass is 9.96. The molecule has 0 unspecified atom stereocenters. The first kappa shape index (κ1) is 21.0. The van der Waals surface area contributed by atoms with Crippen LogP contribution in [0.15, 0.2) is 36.9 Å².